The summed E-state index contributed by atoms with van der Waals surface area (Å²) in [6, 6.07) is 33.2. The Bertz CT molecular complexity index is 1210. The van der Waals surface area contributed by atoms with Crippen molar-refractivity contribution in [3.05, 3.63) is 126 Å². The van der Waals surface area contributed by atoms with E-state index in [1.165, 1.54) is 5.56 Å². The first-order valence-electron chi connectivity index (χ1n) is 10.7. The van der Waals surface area contributed by atoms with Gasteiger partial charge < -0.3 is 15.4 Å². The Labute approximate surface area is 193 Å². The van der Waals surface area contributed by atoms with Crippen LogP contribution in [0.5, 0.6) is 5.75 Å². The molecular weight excluding hydrogens is 412 g/mol. The van der Waals surface area contributed by atoms with Gasteiger partial charge in [-0.3, -0.25) is 9.59 Å². The maximum Gasteiger partial charge on any atom is 0.255 e. The highest BCUT2D eigenvalue weighted by molar-refractivity contribution is 6.07. The molecule has 0 radical (unpaired) electrons. The number of hydrogen-bond donors (Lipinski definition) is 2. The van der Waals surface area contributed by atoms with Crippen LogP contribution in [-0.2, 0) is 6.42 Å². The summed E-state index contributed by atoms with van der Waals surface area (Å²) in [5, 5.41) is 5.68. The van der Waals surface area contributed by atoms with Crippen molar-refractivity contribution in [3.63, 3.8) is 0 Å². The lowest BCUT2D eigenvalue weighted by Crippen LogP contribution is -2.14. The predicted octanol–water partition coefficient (Wildman–Crippen LogP) is 5.81. The molecule has 0 aromatic heterocycles. The second kappa shape index (κ2) is 10.8. The average molecular weight is 437 g/mol. The number of anilines is 2. The fourth-order valence-electron chi connectivity index (χ4n) is 3.30. The van der Waals surface area contributed by atoms with E-state index < -0.39 is 0 Å². The number of benzene rings is 4. The van der Waals surface area contributed by atoms with Crippen LogP contribution in [0, 0.1) is 0 Å². The molecule has 0 aliphatic rings. The van der Waals surface area contributed by atoms with E-state index in [0.717, 1.165) is 6.42 Å². The molecule has 33 heavy (non-hydrogen) atoms. The van der Waals surface area contributed by atoms with Crippen LogP contribution >= 0.6 is 0 Å². The predicted molar refractivity (Wildman–Crippen MR) is 131 cm³/mol. The monoisotopic (exact) mass is 436 g/mol. The molecule has 2 amide bonds. The second-order valence-corrected chi connectivity index (χ2v) is 7.46. The van der Waals surface area contributed by atoms with Crippen LogP contribution in [0.4, 0.5) is 11.4 Å². The zero-order valence-corrected chi connectivity index (χ0v) is 18.0. The minimum atomic E-state index is -0.258. The summed E-state index contributed by atoms with van der Waals surface area (Å²) in [5.41, 5.74) is 3.43. The van der Waals surface area contributed by atoms with Gasteiger partial charge >= 0.3 is 0 Å². The van der Waals surface area contributed by atoms with Crippen LogP contribution < -0.4 is 15.4 Å². The molecule has 5 nitrogen and oxygen atoms in total. The lowest BCUT2D eigenvalue weighted by atomic mass is 10.1. The number of nitrogens with one attached hydrogen (secondary N) is 2. The highest BCUT2D eigenvalue weighted by Crippen LogP contribution is 2.17. The fourth-order valence-corrected chi connectivity index (χ4v) is 3.30. The van der Waals surface area contributed by atoms with Gasteiger partial charge in [0.1, 0.15) is 5.75 Å². The topological polar surface area (TPSA) is 67.4 Å². The van der Waals surface area contributed by atoms with Crippen LogP contribution in [0.3, 0.4) is 0 Å². The van der Waals surface area contributed by atoms with Crippen molar-refractivity contribution >= 4 is 23.2 Å². The van der Waals surface area contributed by atoms with Crippen molar-refractivity contribution in [2.24, 2.45) is 0 Å². The molecule has 164 valence electrons. The van der Waals surface area contributed by atoms with Crippen molar-refractivity contribution < 1.29 is 14.3 Å². The SMILES string of the molecule is O=C(Nc1cccc(C(=O)Nc2ccccc2)c1)c1ccc(OCCc2ccccc2)cc1. The summed E-state index contributed by atoms with van der Waals surface area (Å²) in [4.78, 5) is 25.1. The lowest BCUT2D eigenvalue weighted by Gasteiger charge is -2.10. The van der Waals surface area contributed by atoms with Crippen molar-refractivity contribution in [2.45, 2.75) is 6.42 Å². The molecule has 2 N–H and O–H groups in total. The maximum absolute atomic E-state index is 12.6. The molecule has 0 atom stereocenters. The Morgan fingerprint density at radius 1 is 0.606 bits per heavy atom. The fraction of sp³-hybridized carbons (Fsp3) is 0.0714. The smallest absolute Gasteiger partial charge is 0.255 e. The molecule has 4 aromatic carbocycles. The van der Waals surface area contributed by atoms with Crippen LogP contribution in [0.2, 0.25) is 0 Å². The molecule has 0 spiro atoms. The van der Waals surface area contributed by atoms with E-state index in [2.05, 4.69) is 22.8 Å². The minimum absolute atomic E-state index is 0.241. The summed E-state index contributed by atoms with van der Waals surface area (Å²) in [7, 11) is 0. The third kappa shape index (κ3) is 6.31. The van der Waals surface area contributed by atoms with E-state index in [1.807, 2.05) is 48.5 Å². The Morgan fingerprint density at radius 3 is 1.94 bits per heavy atom. The quantitative estimate of drug-likeness (QED) is 0.366. The zero-order chi connectivity index (χ0) is 22.9. The first-order chi connectivity index (χ1) is 16.2. The molecule has 0 aliphatic carbocycles. The summed E-state index contributed by atoms with van der Waals surface area (Å²) in [6.07, 6.45) is 0.817. The van der Waals surface area contributed by atoms with E-state index >= 15 is 0 Å². The zero-order valence-electron chi connectivity index (χ0n) is 18.0. The standard InChI is InChI=1S/C28H24N2O3/c31-27(22-14-16-26(17-15-22)33-19-18-21-8-3-1-4-9-21)30-25-13-7-10-23(20-25)28(32)29-24-11-5-2-6-12-24/h1-17,20H,18-19H2,(H,29,32)(H,30,31). The van der Waals surface area contributed by atoms with E-state index in [9.17, 15) is 9.59 Å². The molecule has 5 heteroatoms. The van der Waals surface area contributed by atoms with Gasteiger partial charge in [0, 0.05) is 28.9 Å². The van der Waals surface area contributed by atoms with Crippen LogP contribution in [0.15, 0.2) is 109 Å². The van der Waals surface area contributed by atoms with Crippen molar-refractivity contribution in [1.82, 2.24) is 0 Å². The summed E-state index contributed by atoms with van der Waals surface area (Å²) >= 11 is 0. The van der Waals surface area contributed by atoms with Gasteiger partial charge in [-0.2, -0.15) is 0 Å². The number of carbonyl (C=O) groups is 2. The first kappa shape index (κ1) is 21.8. The normalized spacial score (nSPS) is 10.3. The summed E-state index contributed by atoms with van der Waals surface area (Å²) in [6.45, 7) is 0.563. The number of carbonyl (C=O) groups excluding carboxylic acids is 2. The van der Waals surface area contributed by atoms with Gasteiger partial charge in [0.15, 0.2) is 0 Å². The van der Waals surface area contributed by atoms with E-state index in [1.54, 1.807) is 48.5 Å². The first-order valence-corrected chi connectivity index (χ1v) is 10.7. The van der Waals surface area contributed by atoms with Crippen molar-refractivity contribution in [3.8, 4) is 5.75 Å². The maximum atomic E-state index is 12.6. The number of rotatable bonds is 8. The molecular formula is C28H24N2O3. The third-order valence-corrected chi connectivity index (χ3v) is 5.03. The molecule has 0 bridgehead atoms. The van der Waals surface area contributed by atoms with E-state index in [0.29, 0.717) is 34.9 Å². The number of para-hydroxylation sites is 1. The minimum Gasteiger partial charge on any atom is -0.493 e. The summed E-state index contributed by atoms with van der Waals surface area (Å²) in [5.74, 6) is 0.211. The molecule has 0 heterocycles. The number of amides is 2. The van der Waals surface area contributed by atoms with Gasteiger partial charge in [0.2, 0.25) is 0 Å². The van der Waals surface area contributed by atoms with Crippen LogP contribution in [0.25, 0.3) is 0 Å². The molecule has 0 fully saturated rings. The Kier molecular flexibility index (Phi) is 7.13. The van der Waals surface area contributed by atoms with Gasteiger partial charge in [0.05, 0.1) is 6.61 Å². The highest BCUT2D eigenvalue weighted by Gasteiger charge is 2.10. The number of ether oxygens (including phenoxy) is 1. The highest BCUT2D eigenvalue weighted by atomic mass is 16.5. The molecule has 0 saturated heterocycles. The third-order valence-electron chi connectivity index (χ3n) is 5.03. The summed E-state index contributed by atoms with van der Waals surface area (Å²) < 4.78 is 5.78. The van der Waals surface area contributed by atoms with Gasteiger partial charge in [-0.25, -0.2) is 0 Å². The van der Waals surface area contributed by atoms with Crippen molar-refractivity contribution in [2.75, 3.05) is 17.2 Å². The van der Waals surface area contributed by atoms with Gasteiger partial charge in [-0.05, 0) is 60.2 Å². The second-order valence-electron chi connectivity index (χ2n) is 7.46. The Balaban J connectivity index is 1.32. The molecule has 4 aromatic rings. The molecule has 0 aliphatic heterocycles. The van der Waals surface area contributed by atoms with Gasteiger partial charge in [0.25, 0.3) is 11.8 Å². The largest absolute Gasteiger partial charge is 0.493 e. The van der Waals surface area contributed by atoms with Crippen LogP contribution in [-0.4, -0.2) is 18.4 Å². The number of hydrogen-bond acceptors (Lipinski definition) is 3. The Hall–Kier alpha value is -4.38. The van der Waals surface area contributed by atoms with Gasteiger partial charge in [-0.15, -0.1) is 0 Å². The Morgan fingerprint density at radius 2 is 1.21 bits per heavy atom. The van der Waals surface area contributed by atoms with E-state index in [-0.39, 0.29) is 11.8 Å². The van der Waals surface area contributed by atoms with Gasteiger partial charge in [-0.1, -0.05) is 54.6 Å². The molecule has 4 rings (SSSR count). The van der Waals surface area contributed by atoms with E-state index in [4.69, 9.17) is 4.74 Å². The molecule has 0 saturated carbocycles. The average Bonchev–Trinajstić information content (AvgIpc) is 2.86. The van der Waals surface area contributed by atoms with Crippen LogP contribution in [0.1, 0.15) is 26.3 Å². The molecule has 0 unspecified atom stereocenters. The lowest BCUT2D eigenvalue weighted by molar-refractivity contribution is 0.101. The van der Waals surface area contributed by atoms with Crippen molar-refractivity contribution in [1.29, 1.82) is 0 Å².